The molecule has 0 heterocycles. The van der Waals surface area contributed by atoms with E-state index in [1.54, 1.807) is 20.2 Å². The van der Waals surface area contributed by atoms with E-state index < -0.39 is 24.3 Å². The Balaban J connectivity index is 1.95. The zero-order valence-electron chi connectivity index (χ0n) is 13.8. The van der Waals surface area contributed by atoms with Crippen LogP contribution in [0.25, 0.3) is 0 Å². The highest BCUT2D eigenvalue weighted by Gasteiger charge is 2.17. The second kappa shape index (κ2) is 8.62. The van der Waals surface area contributed by atoms with Crippen molar-refractivity contribution < 1.29 is 23.5 Å². The smallest absolute Gasteiger partial charge is 0.341 e. The molecule has 0 spiro atoms. The number of benzene rings is 2. The highest BCUT2D eigenvalue weighted by Crippen LogP contribution is 2.19. The van der Waals surface area contributed by atoms with Crippen molar-refractivity contribution in [2.45, 2.75) is 6.54 Å². The molecule has 25 heavy (non-hydrogen) atoms. The number of para-hydroxylation sites is 1. The standard InChI is InChI=1S/C18H17BrFNO4/c1-21(10-12-5-3-4-6-16(12)24-2)17(22)11-25-18(23)14-9-13(19)7-8-15(14)20/h3-9H,10-11H2,1-2H3. The topological polar surface area (TPSA) is 55.8 Å². The molecular formula is C18H17BrFNO4. The van der Waals surface area contributed by atoms with Crippen LogP contribution in [0.15, 0.2) is 46.9 Å². The number of esters is 1. The largest absolute Gasteiger partial charge is 0.496 e. The number of halogens is 2. The molecule has 0 bridgehead atoms. The van der Waals surface area contributed by atoms with E-state index in [9.17, 15) is 14.0 Å². The molecule has 0 aromatic heterocycles. The third kappa shape index (κ3) is 5.03. The third-order valence-corrected chi connectivity index (χ3v) is 3.99. The average molecular weight is 410 g/mol. The Bertz CT molecular complexity index is 781. The van der Waals surface area contributed by atoms with E-state index in [-0.39, 0.29) is 5.56 Å². The summed E-state index contributed by atoms with van der Waals surface area (Å²) in [7, 11) is 3.14. The highest BCUT2D eigenvalue weighted by atomic mass is 79.9. The molecule has 0 saturated heterocycles. The lowest BCUT2D eigenvalue weighted by atomic mass is 10.2. The van der Waals surface area contributed by atoms with Gasteiger partial charge in [-0.05, 0) is 24.3 Å². The summed E-state index contributed by atoms with van der Waals surface area (Å²) >= 11 is 3.16. The summed E-state index contributed by atoms with van der Waals surface area (Å²) in [6.45, 7) is -0.178. The van der Waals surface area contributed by atoms with Gasteiger partial charge in [0.2, 0.25) is 0 Å². The van der Waals surface area contributed by atoms with Crippen LogP contribution >= 0.6 is 15.9 Å². The minimum atomic E-state index is -0.891. The SMILES string of the molecule is COc1ccccc1CN(C)C(=O)COC(=O)c1cc(Br)ccc1F. The maximum Gasteiger partial charge on any atom is 0.341 e. The Morgan fingerprint density at radius 2 is 1.92 bits per heavy atom. The summed E-state index contributed by atoms with van der Waals surface area (Å²) in [4.78, 5) is 25.5. The van der Waals surface area contributed by atoms with Crippen molar-refractivity contribution in [3.05, 3.63) is 63.9 Å². The fraction of sp³-hybridized carbons (Fsp3) is 0.222. The van der Waals surface area contributed by atoms with Crippen molar-refractivity contribution in [3.8, 4) is 5.75 Å². The summed E-state index contributed by atoms with van der Waals surface area (Å²) in [6, 6.07) is 11.2. The first kappa shape index (κ1) is 18.9. The number of nitrogens with zero attached hydrogens (tertiary/aromatic N) is 1. The number of amides is 1. The first-order chi connectivity index (χ1) is 11.9. The molecule has 0 aliphatic rings. The van der Waals surface area contributed by atoms with Gasteiger partial charge in [0.25, 0.3) is 5.91 Å². The van der Waals surface area contributed by atoms with Crippen LogP contribution in [-0.2, 0) is 16.1 Å². The molecule has 0 fully saturated rings. The number of methoxy groups -OCH3 is 1. The average Bonchev–Trinajstić information content (AvgIpc) is 2.61. The van der Waals surface area contributed by atoms with E-state index in [2.05, 4.69) is 15.9 Å². The van der Waals surface area contributed by atoms with Gasteiger partial charge in [-0.2, -0.15) is 0 Å². The van der Waals surface area contributed by atoms with E-state index in [4.69, 9.17) is 9.47 Å². The van der Waals surface area contributed by atoms with E-state index in [1.165, 1.54) is 17.0 Å². The molecule has 0 N–H and O–H groups in total. The predicted octanol–water partition coefficient (Wildman–Crippen LogP) is 3.41. The Morgan fingerprint density at radius 1 is 1.20 bits per heavy atom. The fourth-order valence-electron chi connectivity index (χ4n) is 2.15. The van der Waals surface area contributed by atoms with Crippen molar-refractivity contribution in [2.24, 2.45) is 0 Å². The summed E-state index contributed by atoms with van der Waals surface area (Å²) in [5.74, 6) is -1.34. The van der Waals surface area contributed by atoms with Crippen LogP contribution in [0, 0.1) is 5.82 Å². The molecule has 132 valence electrons. The number of rotatable bonds is 6. The zero-order valence-corrected chi connectivity index (χ0v) is 15.4. The minimum absolute atomic E-state index is 0.227. The van der Waals surface area contributed by atoms with E-state index >= 15 is 0 Å². The molecule has 0 saturated carbocycles. The fourth-order valence-corrected chi connectivity index (χ4v) is 2.51. The van der Waals surface area contributed by atoms with Crippen LogP contribution in [0.1, 0.15) is 15.9 Å². The Hall–Kier alpha value is -2.41. The van der Waals surface area contributed by atoms with Gasteiger partial charge in [-0.1, -0.05) is 34.1 Å². The van der Waals surface area contributed by atoms with Gasteiger partial charge in [-0.15, -0.1) is 0 Å². The molecule has 0 atom stereocenters. The number of hydrogen-bond acceptors (Lipinski definition) is 4. The van der Waals surface area contributed by atoms with E-state index in [1.807, 2.05) is 18.2 Å². The summed E-state index contributed by atoms with van der Waals surface area (Å²) < 4.78 is 24.3. The van der Waals surface area contributed by atoms with Gasteiger partial charge < -0.3 is 14.4 Å². The number of ether oxygens (including phenoxy) is 2. The second-order valence-corrected chi connectivity index (χ2v) is 6.18. The van der Waals surface area contributed by atoms with Crippen molar-refractivity contribution in [2.75, 3.05) is 20.8 Å². The molecule has 5 nitrogen and oxygen atoms in total. The monoisotopic (exact) mass is 409 g/mol. The van der Waals surface area contributed by atoms with Gasteiger partial charge in [-0.3, -0.25) is 4.79 Å². The number of carbonyl (C=O) groups is 2. The number of likely N-dealkylation sites (N-methyl/N-ethyl adjacent to an activating group) is 1. The Kier molecular flexibility index (Phi) is 6.52. The molecule has 0 aliphatic carbocycles. The molecule has 0 unspecified atom stereocenters. The van der Waals surface area contributed by atoms with Crippen LogP contribution in [-0.4, -0.2) is 37.5 Å². The van der Waals surface area contributed by atoms with Crippen LogP contribution < -0.4 is 4.74 Å². The molecule has 7 heteroatoms. The zero-order chi connectivity index (χ0) is 18.4. The van der Waals surface area contributed by atoms with Gasteiger partial charge in [0, 0.05) is 23.6 Å². The van der Waals surface area contributed by atoms with E-state index in [0.717, 1.165) is 11.6 Å². The molecular weight excluding hydrogens is 393 g/mol. The maximum absolute atomic E-state index is 13.6. The summed E-state index contributed by atoms with van der Waals surface area (Å²) in [5.41, 5.74) is 0.597. The predicted molar refractivity (Wildman–Crippen MR) is 93.9 cm³/mol. The van der Waals surface area contributed by atoms with Gasteiger partial charge >= 0.3 is 5.97 Å². The van der Waals surface area contributed by atoms with Crippen LogP contribution in [0.4, 0.5) is 4.39 Å². The molecule has 1 amide bonds. The van der Waals surface area contributed by atoms with Crippen LogP contribution in [0.5, 0.6) is 5.75 Å². The molecule has 2 aromatic carbocycles. The van der Waals surface area contributed by atoms with Crippen molar-refractivity contribution in [1.29, 1.82) is 0 Å². The number of hydrogen-bond donors (Lipinski definition) is 0. The van der Waals surface area contributed by atoms with Gasteiger partial charge in [0.05, 0.1) is 12.7 Å². The minimum Gasteiger partial charge on any atom is -0.496 e. The van der Waals surface area contributed by atoms with Crippen molar-refractivity contribution in [3.63, 3.8) is 0 Å². The first-order valence-corrected chi connectivity index (χ1v) is 8.19. The summed E-state index contributed by atoms with van der Waals surface area (Å²) in [6.07, 6.45) is 0. The van der Waals surface area contributed by atoms with E-state index in [0.29, 0.717) is 16.8 Å². The quantitative estimate of drug-likeness (QED) is 0.685. The van der Waals surface area contributed by atoms with Gasteiger partial charge in [0.15, 0.2) is 6.61 Å². The molecule has 0 aliphatic heterocycles. The lowest BCUT2D eigenvalue weighted by Crippen LogP contribution is -2.31. The van der Waals surface area contributed by atoms with Gasteiger partial charge in [-0.25, -0.2) is 9.18 Å². The van der Waals surface area contributed by atoms with Crippen molar-refractivity contribution in [1.82, 2.24) is 4.90 Å². The Morgan fingerprint density at radius 3 is 2.64 bits per heavy atom. The Labute approximate surface area is 153 Å². The highest BCUT2D eigenvalue weighted by molar-refractivity contribution is 9.10. The van der Waals surface area contributed by atoms with Crippen molar-refractivity contribution >= 4 is 27.8 Å². The van der Waals surface area contributed by atoms with Gasteiger partial charge in [0.1, 0.15) is 11.6 Å². The first-order valence-electron chi connectivity index (χ1n) is 7.40. The normalized spacial score (nSPS) is 10.2. The number of carbonyl (C=O) groups excluding carboxylic acids is 2. The second-order valence-electron chi connectivity index (χ2n) is 5.26. The maximum atomic E-state index is 13.6. The lowest BCUT2D eigenvalue weighted by molar-refractivity contribution is -0.133. The van der Waals surface area contributed by atoms with Crippen LogP contribution in [0.2, 0.25) is 0 Å². The summed E-state index contributed by atoms with van der Waals surface area (Å²) in [5, 5.41) is 0. The molecule has 0 radical (unpaired) electrons. The third-order valence-electron chi connectivity index (χ3n) is 3.50. The van der Waals surface area contributed by atoms with Crippen LogP contribution in [0.3, 0.4) is 0 Å². The lowest BCUT2D eigenvalue weighted by Gasteiger charge is -2.18. The molecule has 2 rings (SSSR count). The molecule has 2 aromatic rings.